The van der Waals surface area contributed by atoms with Crippen molar-refractivity contribution in [2.24, 2.45) is 0 Å². The molecule has 11 heteroatoms. The maximum absolute atomic E-state index is 13.0. The van der Waals surface area contributed by atoms with Crippen LogP contribution in [0.25, 0.3) is 11.3 Å². The van der Waals surface area contributed by atoms with Gasteiger partial charge < -0.3 is 30.6 Å². The Labute approximate surface area is 236 Å². The molecule has 1 fully saturated rings. The van der Waals surface area contributed by atoms with E-state index in [1.807, 2.05) is 6.92 Å². The van der Waals surface area contributed by atoms with E-state index in [1.54, 1.807) is 59.5 Å². The van der Waals surface area contributed by atoms with E-state index in [2.05, 4.69) is 21.3 Å². The number of nitrogens with one attached hydrogen (secondary N) is 4. The van der Waals surface area contributed by atoms with Crippen molar-refractivity contribution in [1.82, 2.24) is 15.5 Å². The number of carbonyl (C=O) groups is 5. The van der Waals surface area contributed by atoms with Crippen molar-refractivity contribution in [3.8, 4) is 11.3 Å². The van der Waals surface area contributed by atoms with Gasteiger partial charge in [-0.25, -0.2) is 0 Å². The second-order valence-corrected chi connectivity index (χ2v) is 10.0. The van der Waals surface area contributed by atoms with Gasteiger partial charge >= 0.3 is 0 Å². The lowest BCUT2D eigenvalue weighted by Crippen LogP contribution is -2.54. The van der Waals surface area contributed by atoms with Crippen molar-refractivity contribution >= 4 is 40.8 Å². The number of hydrogen-bond donors (Lipinski definition) is 4. The smallest absolute Gasteiger partial charge is 0.292 e. The fraction of sp³-hybridized carbons (Fsp3) is 0.300. The molecule has 41 heavy (non-hydrogen) atoms. The van der Waals surface area contributed by atoms with E-state index in [4.69, 9.17) is 4.42 Å². The SMILES string of the molecule is CCCC(NC(=O)c1ccc(-c2cccc(NC(=O)c3ccc4c(c3)CC(=O)C(=O)N4)c2)o1)C(=O)N1CCNCC1. The summed E-state index contributed by atoms with van der Waals surface area (Å²) in [6.45, 7) is 4.64. The zero-order valence-electron chi connectivity index (χ0n) is 22.6. The second-order valence-electron chi connectivity index (χ2n) is 10.0. The van der Waals surface area contributed by atoms with Gasteiger partial charge in [0.15, 0.2) is 5.76 Å². The van der Waals surface area contributed by atoms with Crippen LogP contribution in [0.4, 0.5) is 11.4 Å². The summed E-state index contributed by atoms with van der Waals surface area (Å²) >= 11 is 0. The highest BCUT2D eigenvalue weighted by Gasteiger charge is 2.28. The van der Waals surface area contributed by atoms with Crippen LogP contribution >= 0.6 is 0 Å². The molecule has 212 valence electrons. The number of nitrogens with zero attached hydrogens (tertiary/aromatic N) is 1. The Hall–Kier alpha value is -4.77. The molecule has 2 aromatic carbocycles. The second kappa shape index (κ2) is 12.2. The fourth-order valence-corrected chi connectivity index (χ4v) is 4.90. The molecule has 11 nitrogen and oxygen atoms in total. The number of carbonyl (C=O) groups excluding carboxylic acids is 5. The Morgan fingerprint density at radius 3 is 2.59 bits per heavy atom. The lowest BCUT2D eigenvalue weighted by molar-refractivity contribution is -0.134. The van der Waals surface area contributed by atoms with E-state index in [0.717, 1.165) is 19.5 Å². The predicted molar refractivity (Wildman–Crippen MR) is 151 cm³/mol. The number of piperazine rings is 1. The highest BCUT2D eigenvalue weighted by Crippen LogP contribution is 2.26. The van der Waals surface area contributed by atoms with Crippen LogP contribution in [0, 0.1) is 0 Å². The van der Waals surface area contributed by atoms with Gasteiger partial charge in [-0.05, 0) is 54.4 Å². The van der Waals surface area contributed by atoms with Crippen LogP contribution in [0.2, 0.25) is 0 Å². The number of amides is 4. The van der Waals surface area contributed by atoms with E-state index in [1.165, 1.54) is 0 Å². The van der Waals surface area contributed by atoms with Crippen LogP contribution in [0.1, 0.15) is 46.2 Å². The maximum Gasteiger partial charge on any atom is 0.292 e. The normalized spacial score (nSPS) is 15.5. The van der Waals surface area contributed by atoms with Gasteiger partial charge in [0.05, 0.1) is 0 Å². The Morgan fingerprint density at radius 2 is 1.80 bits per heavy atom. The van der Waals surface area contributed by atoms with Crippen molar-refractivity contribution in [2.45, 2.75) is 32.2 Å². The average molecular weight is 558 g/mol. The van der Waals surface area contributed by atoms with Crippen LogP contribution < -0.4 is 21.3 Å². The number of benzene rings is 2. The number of Topliss-reactive ketones (excluding diaryl/α,β-unsaturated/α-hetero) is 1. The summed E-state index contributed by atoms with van der Waals surface area (Å²) in [5, 5.41) is 11.4. The average Bonchev–Trinajstić information content (AvgIpc) is 3.48. The van der Waals surface area contributed by atoms with Crippen LogP contribution in [-0.4, -0.2) is 66.5 Å². The Morgan fingerprint density at radius 1 is 1.00 bits per heavy atom. The first-order valence-corrected chi connectivity index (χ1v) is 13.6. The van der Waals surface area contributed by atoms with E-state index in [-0.39, 0.29) is 24.0 Å². The molecule has 1 saturated heterocycles. The zero-order valence-corrected chi connectivity index (χ0v) is 22.6. The molecule has 5 rings (SSSR count). The molecular weight excluding hydrogens is 526 g/mol. The standard InChI is InChI=1S/C30H31N5O6/c1-2-4-23(30(40)35-13-11-31-12-14-35)34-29(39)26-10-9-25(41-26)18-5-3-6-21(16-18)32-27(37)19-7-8-22-20(15-19)17-24(36)28(38)33-22/h3,5-10,15-16,23,31H,2,4,11-14,17H2,1H3,(H,32,37)(H,33,38)(H,34,39). The Kier molecular flexibility index (Phi) is 8.25. The van der Waals surface area contributed by atoms with Crippen molar-refractivity contribution < 1.29 is 28.4 Å². The van der Waals surface area contributed by atoms with Crippen LogP contribution in [0.15, 0.2) is 59.0 Å². The van der Waals surface area contributed by atoms with Gasteiger partial charge in [-0.3, -0.25) is 24.0 Å². The van der Waals surface area contributed by atoms with Crippen molar-refractivity contribution in [2.75, 3.05) is 36.8 Å². The molecule has 3 aromatic rings. The molecule has 2 aliphatic rings. The monoisotopic (exact) mass is 557 g/mol. The van der Waals surface area contributed by atoms with Gasteiger partial charge in [-0.15, -0.1) is 0 Å². The highest BCUT2D eigenvalue weighted by atomic mass is 16.4. The molecule has 0 radical (unpaired) electrons. The van der Waals surface area contributed by atoms with Gasteiger partial charge in [0.1, 0.15) is 11.8 Å². The van der Waals surface area contributed by atoms with Gasteiger partial charge in [0, 0.05) is 55.1 Å². The molecule has 0 saturated carbocycles. The summed E-state index contributed by atoms with van der Waals surface area (Å²) in [4.78, 5) is 64.0. The molecule has 0 bridgehead atoms. The van der Waals surface area contributed by atoms with Crippen LogP contribution in [-0.2, 0) is 20.8 Å². The highest BCUT2D eigenvalue weighted by molar-refractivity contribution is 6.42. The molecule has 1 aromatic heterocycles. The molecule has 1 unspecified atom stereocenters. The maximum atomic E-state index is 13.0. The lowest BCUT2D eigenvalue weighted by Gasteiger charge is -2.31. The minimum absolute atomic E-state index is 0.0603. The summed E-state index contributed by atoms with van der Waals surface area (Å²) in [5.74, 6) is -1.65. The van der Waals surface area contributed by atoms with Crippen LogP contribution in [0.3, 0.4) is 0 Å². The Balaban J connectivity index is 1.25. The summed E-state index contributed by atoms with van der Waals surface area (Å²) in [7, 11) is 0. The molecule has 0 aliphatic carbocycles. The molecule has 0 spiro atoms. The quantitative estimate of drug-likeness (QED) is 0.311. The molecule has 3 heterocycles. The largest absolute Gasteiger partial charge is 0.451 e. The predicted octanol–water partition coefficient (Wildman–Crippen LogP) is 2.59. The lowest BCUT2D eigenvalue weighted by atomic mass is 9.99. The minimum Gasteiger partial charge on any atom is -0.451 e. The third-order valence-electron chi connectivity index (χ3n) is 7.06. The first-order valence-electron chi connectivity index (χ1n) is 13.6. The minimum atomic E-state index is -0.658. The number of anilines is 2. The van der Waals surface area contributed by atoms with Gasteiger partial charge in [-0.1, -0.05) is 25.5 Å². The number of rotatable bonds is 8. The van der Waals surface area contributed by atoms with Gasteiger partial charge in [-0.2, -0.15) is 0 Å². The van der Waals surface area contributed by atoms with Gasteiger partial charge in [0.25, 0.3) is 17.7 Å². The Bertz CT molecular complexity index is 1510. The summed E-state index contributed by atoms with van der Waals surface area (Å²) in [6, 6.07) is 14.3. The molecule has 1 atom stereocenters. The molecule has 4 amide bonds. The van der Waals surface area contributed by atoms with E-state index >= 15 is 0 Å². The third kappa shape index (κ3) is 6.36. The third-order valence-corrected chi connectivity index (χ3v) is 7.06. The van der Waals surface area contributed by atoms with Crippen molar-refractivity contribution in [1.29, 1.82) is 0 Å². The summed E-state index contributed by atoms with van der Waals surface area (Å²) in [5.41, 5.74) is 2.57. The summed E-state index contributed by atoms with van der Waals surface area (Å²) < 4.78 is 5.84. The number of fused-ring (bicyclic) bond motifs is 1. The van der Waals surface area contributed by atoms with E-state index < -0.39 is 23.6 Å². The summed E-state index contributed by atoms with van der Waals surface area (Å²) in [6.07, 6.45) is 1.21. The van der Waals surface area contributed by atoms with Gasteiger partial charge in [0.2, 0.25) is 11.7 Å². The molecular formula is C30H31N5O6. The molecule has 2 aliphatic heterocycles. The first kappa shape index (κ1) is 27.8. The molecule has 4 N–H and O–H groups in total. The van der Waals surface area contributed by atoms with Crippen molar-refractivity contribution in [3.05, 3.63) is 71.5 Å². The van der Waals surface area contributed by atoms with Crippen LogP contribution in [0.5, 0.6) is 0 Å². The number of hydrogen-bond acceptors (Lipinski definition) is 7. The fourth-order valence-electron chi connectivity index (χ4n) is 4.90. The number of furan rings is 1. The zero-order chi connectivity index (χ0) is 28.9. The number of ketones is 1. The van der Waals surface area contributed by atoms with E-state index in [0.29, 0.717) is 53.3 Å². The topological polar surface area (TPSA) is 150 Å². The first-order chi connectivity index (χ1) is 19.8. The van der Waals surface area contributed by atoms with Crippen molar-refractivity contribution in [3.63, 3.8) is 0 Å². The van der Waals surface area contributed by atoms with E-state index in [9.17, 15) is 24.0 Å².